The van der Waals surface area contributed by atoms with Gasteiger partial charge in [0.25, 0.3) is 0 Å². The molecule has 0 aromatic heterocycles. The molecule has 1 aromatic rings. The van der Waals surface area contributed by atoms with Crippen LogP contribution >= 0.6 is 0 Å². The Morgan fingerprint density at radius 2 is 1.73 bits per heavy atom. The summed E-state index contributed by atoms with van der Waals surface area (Å²) in [7, 11) is 0. The van der Waals surface area contributed by atoms with E-state index in [0.717, 1.165) is 5.69 Å². The van der Waals surface area contributed by atoms with Gasteiger partial charge in [-0.2, -0.15) is 0 Å². The predicted octanol–water partition coefficient (Wildman–Crippen LogP) is 2.01. The number of hydrogen-bond donors (Lipinski definition) is 2. The van der Waals surface area contributed by atoms with Crippen molar-refractivity contribution in [3.63, 3.8) is 0 Å². The van der Waals surface area contributed by atoms with Crippen LogP contribution in [0.4, 0.5) is 5.69 Å². The highest BCUT2D eigenvalue weighted by atomic mass is 16.1. The molecule has 1 rings (SSSR count). The fourth-order valence-electron chi connectivity index (χ4n) is 1.37. The van der Waals surface area contributed by atoms with Crippen molar-refractivity contribution in [3.05, 3.63) is 30.3 Å². The van der Waals surface area contributed by atoms with Crippen LogP contribution < -0.4 is 10.6 Å². The normalized spacial score (nSPS) is 14.1. The van der Waals surface area contributed by atoms with Crippen molar-refractivity contribution in [2.75, 3.05) is 5.32 Å². The van der Waals surface area contributed by atoms with Crippen LogP contribution in [0.1, 0.15) is 20.8 Å². The van der Waals surface area contributed by atoms with Crippen molar-refractivity contribution in [1.82, 2.24) is 5.32 Å². The zero-order chi connectivity index (χ0) is 11.3. The molecule has 3 nitrogen and oxygen atoms in total. The van der Waals surface area contributed by atoms with E-state index < -0.39 is 0 Å². The van der Waals surface area contributed by atoms with Gasteiger partial charge in [0.05, 0.1) is 0 Å². The number of anilines is 1. The molecular formula is C12H18N2O. The van der Waals surface area contributed by atoms with E-state index in [-0.39, 0.29) is 18.0 Å². The van der Waals surface area contributed by atoms with Gasteiger partial charge in [0.15, 0.2) is 0 Å². The lowest BCUT2D eigenvalue weighted by atomic mass is 10.1. The molecule has 82 valence electrons. The summed E-state index contributed by atoms with van der Waals surface area (Å²) in [5.41, 5.74) is 1.07. The highest BCUT2D eigenvalue weighted by Gasteiger charge is 2.11. The van der Waals surface area contributed by atoms with Crippen LogP contribution in [0, 0.1) is 0 Å². The minimum Gasteiger partial charge on any atom is -0.381 e. The predicted molar refractivity (Wildman–Crippen MR) is 62.8 cm³/mol. The SMILES string of the molecule is CC(=O)NC(C)C(C)Nc1ccccc1. The molecule has 0 fully saturated rings. The van der Waals surface area contributed by atoms with E-state index in [9.17, 15) is 4.79 Å². The summed E-state index contributed by atoms with van der Waals surface area (Å²) in [5, 5.41) is 6.19. The first-order valence-corrected chi connectivity index (χ1v) is 5.18. The van der Waals surface area contributed by atoms with E-state index >= 15 is 0 Å². The quantitative estimate of drug-likeness (QED) is 0.791. The molecule has 1 amide bonds. The first-order valence-electron chi connectivity index (χ1n) is 5.18. The van der Waals surface area contributed by atoms with E-state index in [0.29, 0.717) is 0 Å². The minimum atomic E-state index is 0.00390. The van der Waals surface area contributed by atoms with Gasteiger partial charge in [0.2, 0.25) is 5.91 Å². The fourth-order valence-corrected chi connectivity index (χ4v) is 1.37. The van der Waals surface area contributed by atoms with Gasteiger partial charge < -0.3 is 10.6 Å². The highest BCUT2D eigenvalue weighted by molar-refractivity contribution is 5.73. The first-order chi connectivity index (χ1) is 7.09. The molecule has 2 unspecified atom stereocenters. The zero-order valence-corrected chi connectivity index (χ0v) is 9.45. The Morgan fingerprint density at radius 3 is 2.27 bits per heavy atom. The third-order valence-electron chi connectivity index (χ3n) is 2.35. The van der Waals surface area contributed by atoms with Gasteiger partial charge in [-0.05, 0) is 26.0 Å². The highest BCUT2D eigenvalue weighted by Crippen LogP contribution is 2.08. The fraction of sp³-hybridized carbons (Fsp3) is 0.417. The molecule has 0 aliphatic heterocycles. The molecule has 2 atom stereocenters. The van der Waals surface area contributed by atoms with Crippen molar-refractivity contribution in [2.24, 2.45) is 0 Å². The number of amides is 1. The van der Waals surface area contributed by atoms with E-state index in [1.165, 1.54) is 6.92 Å². The molecule has 3 heteroatoms. The summed E-state index contributed by atoms with van der Waals surface area (Å²) in [5.74, 6) is 0.00390. The molecule has 0 saturated heterocycles. The van der Waals surface area contributed by atoms with E-state index in [1.54, 1.807) is 0 Å². The number of nitrogens with one attached hydrogen (secondary N) is 2. The van der Waals surface area contributed by atoms with Crippen molar-refractivity contribution >= 4 is 11.6 Å². The number of hydrogen-bond acceptors (Lipinski definition) is 2. The Bertz CT molecular complexity index is 311. The van der Waals surface area contributed by atoms with Crippen LogP contribution in [0.25, 0.3) is 0 Å². The summed E-state index contributed by atoms with van der Waals surface area (Å²) in [4.78, 5) is 10.9. The van der Waals surface area contributed by atoms with Crippen molar-refractivity contribution in [3.8, 4) is 0 Å². The molecule has 0 saturated carbocycles. The van der Waals surface area contributed by atoms with Gasteiger partial charge in [-0.3, -0.25) is 4.79 Å². The number of benzene rings is 1. The Hall–Kier alpha value is -1.51. The Balaban J connectivity index is 2.48. The van der Waals surface area contributed by atoms with Crippen LogP contribution in [-0.2, 0) is 4.79 Å². The maximum absolute atomic E-state index is 10.9. The molecule has 2 N–H and O–H groups in total. The first kappa shape index (κ1) is 11.6. The second-order valence-electron chi connectivity index (χ2n) is 3.79. The maximum atomic E-state index is 10.9. The monoisotopic (exact) mass is 206 g/mol. The second-order valence-corrected chi connectivity index (χ2v) is 3.79. The summed E-state index contributed by atoms with van der Waals surface area (Å²) in [6, 6.07) is 10.3. The Kier molecular flexibility index (Phi) is 4.16. The van der Waals surface area contributed by atoms with Gasteiger partial charge in [0.1, 0.15) is 0 Å². The molecule has 1 aromatic carbocycles. The summed E-state index contributed by atoms with van der Waals surface area (Å²) >= 11 is 0. The zero-order valence-electron chi connectivity index (χ0n) is 9.45. The van der Waals surface area contributed by atoms with Crippen LogP contribution in [0.3, 0.4) is 0 Å². The van der Waals surface area contributed by atoms with Crippen LogP contribution in [0.5, 0.6) is 0 Å². The Labute approximate surface area is 90.9 Å². The Morgan fingerprint density at radius 1 is 1.13 bits per heavy atom. The number of rotatable bonds is 4. The molecular weight excluding hydrogens is 188 g/mol. The van der Waals surface area contributed by atoms with Gasteiger partial charge in [0, 0.05) is 24.7 Å². The second kappa shape index (κ2) is 5.39. The molecule has 0 bridgehead atoms. The van der Waals surface area contributed by atoms with Gasteiger partial charge in [-0.25, -0.2) is 0 Å². The number of carbonyl (C=O) groups excluding carboxylic acids is 1. The van der Waals surface area contributed by atoms with Crippen molar-refractivity contribution in [1.29, 1.82) is 0 Å². The summed E-state index contributed by atoms with van der Waals surface area (Å²) in [6.07, 6.45) is 0. The lowest BCUT2D eigenvalue weighted by molar-refractivity contribution is -0.119. The van der Waals surface area contributed by atoms with Gasteiger partial charge >= 0.3 is 0 Å². The topological polar surface area (TPSA) is 41.1 Å². The summed E-state index contributed by atoms with van der Waals surface area (Å²) in [6.45, 7) is 5.57. The lowest BCUT2D eigenvalue weighted by Crippen LogP contribution is -2.42. The molecule has 0 radical (unpaired) electrons. The number of para-hydroxylation sites is 1. The minimum absolute atomic E-state index is 0.00390. The van der Waals surface area contributed by atoms with Gasteiger partial charge in [-0.15, -0.1) is 0 Å². The third-order valence-corrected chi connectivity index (χ3v) is 2.35. The smallest absolute Gasteiger partial charge is 0.217 e. The van der Waals surface area contributed by atoms with Crippen LogP contribution in [0.15, 0.2) is 30.3 Å². The van der Waals surface area contributed by atoms with E-state index in [4.69, 9.17) is 0 Å². The molecule has 0 heterocycles. The average molecular weight is 206 g/mol. The molecule has 15 heavy (non-hydrogen) atoms. The summed E-state index contributed by atoms with van der Waals surface area (Å²) < 4.78 is 0. The molecule has 0 spiro atoms. The largest absolute Gasteiger partial charge is 0.381 e. The third kappa shape index (κ3) is 4.02. The van der Waals surface area contributed by atoms with Gasteiger partial charge in [-0.1, -0.05) is 18.2 Å². The van der Waals surface area contributed by atoms with Crippen LogP contribution in [-0.4, -0.2) is 18.0 Å². The standard InChI is InChI=1S/C12H18N2O/c1-9(13-11(3)15)10(2)14-12-7-5-4-6-8-12/h4-10,14H,1-3H3,(H,13,15). The lowest BCUT2D eigenvalue weighted by Gasteiger charge is -2.22. The number of carbonyl (C=O) groups is 1. The molecule has 0 aliphatic carbocycles. The van der Waals surface area contributed by atoms with Crippen molar-refractivity contribution < 1.29 is 4.79 Å². The maximum Gasteiger partial charge on any atom is 0.217 e. The molecule has 0 aliphatic rings. The van der Waals surface area contributed by atoms with E-state index in [1.807, 2.05) is 44.2 Å². The van der Waals surface area contributed by atoms with Crippen LogP contribution in [0.2, 0.25) is 0 Å². The van der Waals surface area contributed by atoms with E-state index in [2.05, 4.69) is 10.6 Å². The average Bonchev–Trinajstić information content (AvgIpc) is 2.18. The van der Waals surface area contributed by atoms with Crippen molar-refractivity contribution in [2.45, 2.75) is 32.9 Å².